The van der Waals surface area contributed by atoms with Crippen LogP contribution in [0.15, 0.2) is 18.2 Å². The zero-order valence-corrected chi connectivity index (χ0v) is 17.7. The van der Waals surface area contributed by atoms with Gasteiger partial charge in [-0.25, -0.2) is 0 Å². The minimum atomic E-state index is -0.666. The molecule has 0 aliphatic carbocycles. The maximum atomic E-state index is 12.6. The first-order valence-electron chi connectivity index (χ1n) is 9.79. The number of fused-ring (bicyclic) bond motifs is 1. The molecule has 1 aromatic rings. The fourth-order valence-electron chi connectivity index (χ4n) is 3.01. The Morgan fingerprint density at radius 2 is 1.60 bits per heavy atom. The summed E-state index contributed by atoms with van der Waals surface area (Å²) in [6.07, 6.45) is 0.0114. The molecular formula is C21H27N3O6. The molecule has 162 valence electrons. The highest BCUT2D eigenvalue weighted by atomic mass is 16.5. The summed E-state index contributed by atoms with van der Waals surface area (Å²) in [6, 6.07) is 4.38. The third kappa shape index (κ3) is 5.43. The first-order valence-corrected chi connectivity index (χ1v) is 9.79. The molecule has 1 aromatic carbocycles. The highest BCUT2D eigenvalue weighted by Crippen LogP contribution is 2.29. The van der Waals surface area contributed by atoms with Crippen molar-refractivity contribution in [2.45, 2.75) is 46.1 Å². The number of ether oxygens (including phenoxy) is 1. The lowest BCUT2D eigenvalue weighted by atomic mass is 10.1. The first kappa shape index (κ1) is 23.1. The molecular weight excluding hydrogens is 390 g/mol. The minimum Gasteiger partial charge on any atom is -0.466 e. The van der Waals surface area contributed by atoms with E-state index in [4.69, 9.17) is 4.74 Å². The number of amides is 4. The van der Waals surface area contributed by atoms with Crippen molar-refractivity contribution in [2.75, 3.05) is 19.7 Å². The van der Waals surface area contributed by atoms with Crippen LogP contribution >= 0.6 is 0 Å². The van der Waals surface area contributed by atoms with Gasteiger partial charge in [0.05, 0.1) is 24.2 Å². The standard InChI is InChI=1S/C21H27N3O6/c1-5-30-17(26)9-8-16(25)22-10-11-23-18(27)13-6-7-14-15(12-13)20(29)24(19(14)28)21(2,3)4/h6-7,12H,5,8-11H2,1-4H3,(H,22,25)(H,23,27). The van der Waals surface area contributed by atoms with Gasteiger partial charge in [0.25, 0.3) is 17.7 Å². The molecule has 30 heavy (non-hydrogen) atoms. The number of imide groups is 1. The molecule has 1 aliphatic heterocycles. The van der Waals surface area contributed by atoms with E-state index in [-0.39, 0.29) is 61.0 Å². The van der Waals surface area contributed by atoms with Gasteiger partial charge in [0.15, 0.2) is 0 Å². The van der Waals surface area contributed by atoms with E-state index in [1.54, 1.807) is 27.7 Å². The third-order valence-corrected chi connectivity index (χ3v) is 4.41. The Morgan fingerprint density at radius 3 is 2.23 bits per heavy atom. The van der Waals surface area contributed by atoms with Gasteiger partial charge in [0, 0.05) is 30.6 Å². The highest BCUT2D eigenvalue weighted by molar-refractivity contribution is 6.22. The van der Waals surface area contributed by atoms with Gasteiger partial charge in [-0.05, 0) is 45.9 Å². The molecule has 0 radical (unpaired) electrons. The minimum absolute atomic E-state index is 0.000506. The van der Waals surface area contributed by atoms with Crippen LogP contribution in [-0.2, 0) is 14.3 Å². The predicted octanol–water partition coefficient (Wildman–Crippen LogP) is 1.27. The van der Waals surface area contributed by atoms with E-state index in [1.807, 2.05) is 0 Å². The van der Waals surface area contributed by atoms with Crippen molar-refractivity contribution in [3.63, 3.8) is 0 Å². The summed E-state index contributed by atoms with van der Waals surface area (Å²) in [5.41, 5.74) is 0.0654. The second kappa shape index (κ2) is 9.51. The van der Waals surface area contributed by atoms with Crippen LogP contribution in [-0.4, -0.2) is 59.7 Å². The van der Waals surface area contributed by atoms with Crippen molar-refractivity contribution in [1.29, 1.82) is 0 Å². The SMILES string of the molecule is CCOC(=O)CCC(=O)NCCNC(=O)c1ccc2c(c1)C(=O)N(C(C)(C)C)C2=O. The van der Waals surface area contributed by atoms with Crippen molar-refractivity contribution >= 4 is 29.6 Å². The summed E-state index contributed by atoms with van der Waals surface area (Å²) in [6.45, 7) is 7.62. The molecule has 2 N–H and O–H groups in total. The average Bonchev–Trinajstić information content (AvgIpc) is 2.93. The Balaban J connectivity index is 1.86. The van der Waals surface area contributed by atoms with Crippen molar-refractivity contribution in [3.05, 3.63) is 34.9 Å². The van der Waals surface area contributed by atoms with Gasteiger partial charge in [0.1, 0.15) is 0 Å². The van der Waals surface area contributed by atoms with E-state index in [1.165, 1.54) is 23.1 Å². The van der Waals surface area contributed by atoms with Gasteiger partial charge in [0.2, 0.25) is 5.91 Å². The van der Waals surface area contributed by atoms with Crippen LogP contribution in [0.1, 0.15) is 71.6 Å². The van der Waals surface area contributed by atoms with Crippen molar-refractivity contribution in [2.24, 2.45) is 0 Å². The predicted molar refractivity (Wildman–Crippen MR) is 108 cm³/mol. The lowest BCUT2D eigenvalue weighted by Gasteiger charge is -2.29. The molecule has 0 atom stereocenters. The van der Waals surface area contributed by atoms with Crippen LogP contribution in [0.25, 0.3) is 0 Å². The van der Waals surface area contributed by atoms with Crippen molar-refractivity contribution < 1.29 is 28.7 Å². The summed E-state index contributed by atoms with van der Waals surface area (Å²) in [5, 5.41) is 5.24. The number of carbonyl (C=O) groups excluding carboxylic acids is 5. The van der Waals surface area contributed by atoms with Gasteiger partial charge in [-0.15, -0.1) is 0 Å². The molecule has 0 saturated carbocycles. The zero-order valence-electron chi connectivity index (χ0n) is 17.7. The summed E-state index contributed by atoms with van der Waals surface area (Å²) < 4.78 is 4.75. The number of rotatable bonds is 8. The molecule has 0 spiro atoms. The largest absolute Gasteiger partial charge is 0.466 e. The highest BCUT2D eigenvalue weighted by Gasteiger charge is 2.42. The van der Waals surface area contributed by atoms with E-state index in [0.717, 1.165) is 0 Å². The molecule has 9 nitrogen and oxygen atoms in total. The molecule has 0 aromatic heterocycles. The Kier molecular flexibility index (Phi) is 7.31. The fraction of sp³-hybridized carbons (Fsp3) is 0.476. The monoisotopic (exact) mass is 417 g/mol. The van der Waals surface area contributed by atoms with Crippen molar-refractivity contribution in [1.82, 2.24) is 15.5 Å². The molecule has 0 bridgehead atoms. The van der Waals surface area contributed by atoms with Crippen LogP contribution < -0.4 is 10.6 Å². The van der Waals surface area contributed by atoms with E-state index >= 15 is 0 Å². The fourth-order valence-corrected chi connectivity index (χ4v) is 3.01. The third-order valence-electron chi connectivity index (χ3n) is 4.41. The maximum absolute atomic E-state index is 12.6. The molecule has 2 rings (SSSR count). The number of benzene rings is 1. The quantitative estimate of drug-likeness (QED) is 0.373. The summed E-state index contributed by atoms with van der Waals surface area (Å²) >= 11 is 0. The van der Waals surface area contributed by atoms with E-state index < -0.39 is 23.3 Å². The van der Waals surface area contributed by atoms with Crippen LogP contribution in [0, 0.1) is 0 Å². The second-order valence-corrected chi connectivity index (χ2v) is 7.79. The molecule has 1 aliphatic rings. The number of esters is 1. The van der Waals surface area contributed by atoms with Crippen LogP contribution in [0.2, 0.25) is 0 Å². The lowest BCUT2D eigenvalue weighted by Crippen LogP contribution is -2.45. The van der Waals surface area contributed by atoms with Crippen molar-refractivity contribution in [3.8, 4) is 0 Å². The van der Waals surface area contributed by atoms with E-state index in [9.17, 15) is 24.0 Å². The Morgan fingerprint density at radius 1 is 0.967 bits per heavy atom. The smallest absolute Gasteiger partial charge is 0.306 e. The van der Waals surface area contributed by atoms with E-state index in [0.29, 0.717) is 0 Å². The van der Waals surface area contributed by atoms with Crippen LogP contribution in [0.3, 0.4) is 0 Å². The normalized spacial score (nSPS) is 13.1. The Hall–Kier alpha value is -3.23. The van der Waals surface area contributed by atoms with Gasteiger partial charge < -0.3 is 15.4 Å². The van der Waals surface area contributed by atoms with E-state index in [2.05, 4.69) is 10.6 Å². The molecule has 0 fully saturated rings. The summed E-state index contributed by atoms with van der Waals surface area (Å²) in [4.78, 5) is 61.5. The Labute approximate surface area is 175 Å². The van der Waals surface area contributed by atoms with Crippen LogP contribution in [0.5, 0.6) is 0 Å². The maximum Gasteiger partial charge on any atom is 0.306 e. The van der Waals surface area contributed by atoms with Gasteiger partial charge in [-0.1, -0.05) is 0 Å². The number of hydrogen-bond donors (Lipinski definition) is 2. The van der Waals surface area contributed by atoms with Gasteiger partial charge in [-0.2, -0.15) is 0 Å². The number of hydrogen-bond acceptors (Lipinski definition) is 6. The molecule has 0 saturated heterocycles. The first-order chi connectivity index (χ1) is 14.1. The number of carbonyl (C=O) groups is 5. The molecule has 9 heteroatoms. The second-order valence-electron chi connectivity index (χ2n) is 7.79. The average molecular weight is 417 g/mol. The molecule has 0 unspecified atom stereocenters. The molecule has 4 amide bonds. The van der Waals surface area contributed by atoms with Crippen LogP contribution in [0.4, 0.5) is 0 Å². The summed E-state index contributed by atoms with van der Waals surface area (Å²) in [7, 11) is 0. The van der Waals surface area contributed by atoms with Gasteiger partial charge >= 0.3 is 5.97 Å². The Bertz CT molecular complexity index is 872. The number of nitrogens with one attached hydrogen (secondary N) is 2. The topological polar surface area (TPSA) is 122 Å². The zero-order chi connectivity index (χ0) is 22.5. The summed E-state index contributed by atoms with van der Waals surface area (Å²) in [5.74, 6) is -1.98. The molecule has 1 heterocycles. The lowest BCUT2D eigenvalue weighted by molar-refractivity contribution is -0.144. The number of nitrogens with zero attached hydrogens (tertiary/aromatic N) is 1. The van der Waals surface area contributed by atoms with Gasteiger partial charge in [-0.3, -0.25) is 28.9 Å².